The second-order valence-electron chi connectivity index (χ2n) is 5.63. The summed E-state index contributed by atoms with van der Waals surface area (Å²) in [6, 6.07) is 20.5. The van der Waals surface area contributed by atoms with Gasteiger partial charge in [0.25, 0.3) is 5.91 Å². The van der Waals surface area contributed by atoms with Crippen molar-refractivity contribution < 1.29 is 14.3 Å². The van der Waals surface area contributed by atoms with E-state index >= 15 is 0 Å². The summed E-state index contributed by atoms with van der Waals surface area (Å²) in [5.74, 6) is 1.53. The molecular formula is C21H20N2O3. The van der Waals surface area contributed by atoms with Crippen molar-refractivity contribution in [2.75, 3.05) is 19.1 Å². The van der Waals surface area contributed by atoms with Gasteiger partial charge in [-0.05, 0) is 35.9 Å². The second-order valence-corrected chi connectivity index (χ2v) is 5.63. The molecule has 0 aliphatic carbocycles. The van der Waals surface area contributed by atoms with Gasteiger partial charge < -0.3 is 9.47 Å². The molecule has 1 heterocycles. The number of anilines is 1. The zero-order valence-electron chi connectivity index (χ0n) is 14.8. The number of amides is 1. The highest BCUT2D eigenvalue weighted by molar-refractivity contribution is 6.05. The third-order valence-electron chi connectivity index (χ3n) is 3.98. The predicted molar refractivity (Wildman–Crippen MR) is 101 cm³/mol. The van der Waals surface area contributed by atoms with Crippen LogP contribution in [0.5, 0.6) is 11.5 Å². The number of aromatic nitrogens is 1. The van der Waals surface area contributed by atoms with Crippen LogP contribution in [0.3, 0.4) is 0 Å². The molecule has 132 valence electrons. The summed E-state index contributed by atoms with van der Waals surface area (Å²) < 4.78 is 10.6. The molecule has 0 atom stereocenters. The number of methoxy groups -OCH3 is 2. The molecular weight excluding hydrogens is 328 g/mol. The average molecular weight is 348 g/mol. The van der Waals surface area contributed by atoms with Crippen LogP contribution >= 0.6 is 0 Å². The summed E-state index contributed by atoms with van der Waals surface area (Å²) in [5.41, 5.74) is 1.52. The second kappa shape index (κ2) is 8.16. The van der Waals surface area contributed by atoms with E-state index in [4.69, 9.17) is 9.47 Å². The largest absolute Gasteiger partial charge is 0.493 e. The molecule has 1 amide bonds. The lowest BCUT2D eigenvalue weighted by molar-refractivity contribution is 0.0984. The number of pyridine rings is 1. The fraction of sp³-hybridized carbons (Fsp3) is 0.143. The molecule has 0 radical (unpaired) electrons. The molecule has 0 bridgehead atoms. The molecule has 0 N–H and O–H groups in total. The van der Waals surface area contributed by atoms with Gasteiger partial charge in [0.1, 0.15) is 5.82 Å². The van der Waals surface area contributed by atoms with Gasteiger partial charge in [0.15, 0.2) is 11.5 Å². The first kappa shape index (κ1) is 17.5. The van der Waals surface area contributed by atoms with E-state index in [1.54, 1.807) is 43.5 Å². The summed E-state index contributed by atoms with van der Waals surface area (Å²) >= 11 is 0. The Labute approximate surface area is 152 Å². The molecule has 5 heteroatoms. The Morgan fingerprint density at radius 2 is 1.65 bits per heavy atom. The molecule has 0 unspecified atom stereocenters. The van der Waals surface area contributed by atoms with E-state index in [1.807, 2.05) is 48.5 Å². The molecule has 0 aliphatic heterocycles. The van der Waals surface area contributed by atoms with E-state index in [1.165, 1.54) is 0 Å². The van der Waals surface area contributed by atoms with Gasteiger partial charge in [-0.25, -0.2) is 4.98 Å². The van der Waals surface area contributed by atoms with E-state index < -0.39 is 0 Å². The van der Waals surface area contributed by atoms with Crippen LogP contribution in [0.15, 0.2) is 72.9 Å². The maximum absolute atomic E-state index is 13.2. The number of carbonyl (C=O) groups is 1. The van der Waals surface area contributed by atoms with Crippen LogP contribution in [0.1, 0.15) is 15.9 Å². The number of ether oxygens (including phenoxy) is 2. The number of hydrogen-bond donors (Lipinski definition) is 0. The van der Waals surface area contributed by atoms with E-state index in [2.05, 4.69) is 4.98 Å². The zero-order valence-corrected chi connectivity index (χ0v) is 14.8. The van der Waals surface area contributed by atoms with Crippen LogP contribution in [-0.2, 0) is 6.54 Å². The van der Waals surface area contributed by atoms with Crippen molar-refractivity contribution in [2.24, 2.45) is 0 Å². The molecule has 0 saturated carbocycles. The predicted octanol–water partition coefficient (Wildman–Crippen LogP) is 3.95. The summed E-state index contributed by atoms with van der Waals surface area (Å²) in [6.07, 6.45) is 1.68. The van der Waals surface area contributed by atoms with Crippen molar-refractivity contribution in [3.05, 3.63) is 84.1 Å². The van der Waals surface area contributed by atoms with Gasteiger partial charge in [-0.15, -0.1) is 0 Å². The van der Waals surface area contributed by atoms with Crippen molar-refractivity contribution in [3.63, 3.8) is 0 Å². The molecule has 3 aromatic rings. The smallest absolute Gasteiger partial charge is 0.259 e. The van der Waals surface area contributed by atoms with E-state index in [0.717, 1.165) is 5.56 Å². The monoisotopic (exact) mass is 348 g/mol. The maximum atomic E-state index is 13.2. The lowest BCUT2D eigenvalue weighted by Crippen LogP contribution is -2.31. The quantitative estimate of drug-likeness (QED) is 0.677. The molecule has 0 spiro atoms. The number of carbonyl (C=O) groups excluding carboxylic acids is 1. The summed E-state index contributed by atoms with van der Waals surface area (Å²) in [7, 11) is 3.11. The molecule has 2 aromatic carbocycles. The fourth-order valence-electron chi connectivity index (χ4n) is 2.66. The standard InChI is InChI=1S/C21H20N2O3/c1-25-18-12-11-17(14-19(18)26-2)21(24)23(20-10-6-7-13-22-20)15-16-8-4-3-5-9-16/h3-14H,15H2,1-2H3. The SMILES string of the molecule is COc1ccc(C(=O)N(Cc2ccccc2)c2ccccn2)cc1OC. The Morgan fingerprint density at radius 1 is 0.923 bits per heavy atom. The summed E-state index contributed by atoms with van der Waals surface area (Å²) in [5, 5.41) is 0. The van der Waals surface area contributed by atoms with Crippen molar-refractivity contribution in [1.29, 1.82) is 0 Å². The maximum Gasteiger partial charge on any atom is 0.259 e. The van der Waals surface area contributed by atoms with E-state index in [9.17, 15) is 4.79 Å². The van der Waals surface area contributed by atoms with Crippen LogP contribution in [0.4, 0.5) is 5.82 Å². The van der Waals surface area contributed by atoms with Crippen LogP contribution in [0.2, 0.25) is 0 Å². The highest BCUT2D eigenvalue weighted by Crippen LogP contribution is 2.29. The Hall–Kier alpha value is -3.34. The van der Waals surface area contributed by atoms with Crippen LogP contribution in [0.25, 0.3) is 0 Å². The molecule has 0 fully saturated rings. The Kier molecular flexibility index (Phi) is 5.49. The lowest BCUT2D eigenvalue weighted by atomic mass is 10.1. The van der Waals surface area contributed by atoms with Crippen molar-refractivity contribution >= 4 is 11.7 Å². The van der Waals surface area contributed by atoms with E-state index in [-0.39, 0.29) is 5.91 Å². The minimum absolute atomic E-state index is 0.159. The van der Waals surface area contributed by atoms with Gasteiger partial charge in [-0.2, -0.15) is 0 Å². The van der Waals surface area contributed by atoms with Gasteiger partial charge in [0.2, 0.25) is 0 Å². The Morgan fingerprint density at radius 3 is 2.31 bits per heavy atom. The first-order valence-electron chi connectivity index (χ1n) is 8.22. The highest BCUT2D eigenvalue weighted by atomic mass is 16.5. The van der Waals surface area contributed by atoms with Crippen molar-refractivity contribution in [2.45, 2.75) is 6.54 Å². The lowest BCUT2D eigenvalue weighted by Gasteiger charge is -2.22. The molecule has 0 saturated heterocycles. The third-order valence-corrected chi connectivity index (χ3v) is 3.98. The minimum Gasteiger partial charge on any atom is -0.493 e. The van der Waals surface area contributed by atoms with Crippen molar-refractivity contribution in [1.82, 2.24) is 4.98 Å². The van der Waals surface area contributed by atoms with Gasteiger partial charge in [-0.1, -0.05) is 36.4 Å². The first-order valence-corrected chi connectivity index (χ1v) is 8.22. The summed E-state index contributed by atoms with van der Waals surface area (Å²) in [4.78, 5) is 19.2. The minimum atomic E-state index is -0.159. The number of hydrogen-bond acceptors (Lipinski definition) is 4. The number of rotatable bonds is 6. The average Bonchev–Trinajstić information content (AvgIpc) is 2.72. The van der Waals surface area contributed by atoms with Gasteiger partial charge >= 0.3 is 0 Å². The molecule has 1 aromatic heterocycles. The van der Waals surface area contributed by atoms with Gasteiger partial charge in [0, 0.05) is 11.8 Å². The van der Waals surface area contributed by atoms with Gasteiger partial charge in [0.05, 0.1) is 20.8 Å². The highest BCUT2D eigenvalue weighted by Gasteiger charge is 2.20. The van der Waals surface area contributed by atoms with Crippen LogP contribution < -0.4 is 14.4 Å². The molecule has 0 aliphatic rings. The van der Waals surface area contributed by atoms with Crippen LogP contribution in [0, 0.1) is 0 Å². The molecule has 5 nitrogen and oxygen atoms in total. The zero-order chi connectivity index (χ0) is 18.4. The Bertz CT molecular complexity index is 867. The van der Waals surface area contributed by atoms with Crippen LogP contribution in [-0.4, -0.2) is 25.1 Å². The molecule has 3 rings (SSSR count). The Balaban J connectivity index is 1.97. The summed E-state index contributed by atoms with van der Waals surface area (Å²) in [6.45, 7) is 0.422. The number of nitrogens with zero attached hydrogens (tertiary/aromatic N) is 2. The van der Waals surface area contributed by atoms with Crippen molar-refractivity contribution in [3.8, 4) is 11.5 Å². The molecule has 26 heavy (non-hydrogen) atoms. The van der Waals surface area contributed by atoms with Gasteiger partial charge in [-0.3, -0.25) is 9.69 Å². The topological polar surface area (TPSA) is 51.7 Å². The first-order chi connectivity index (χ1) is 12.7. The third kappa shape index (κ3) is 3.83. The normalized spacial score (nSPS) is 10.2. The van der Waals surface area contributed by atoms with E-state index in [0.29, 0.717) is 29.4 Å². The fourth-order valence-corrected chi connectivity index (χ4v) is 2.66. The number of benzene rings is 2.